The van der Waals surface area contributed by atoms with Crippen LogP contribution in [0.2, 0.25) is 0 Å². The maximum Gasteiger partial charge on any atom is 0.228 e. The molecule has 2 atom stereocenters. The lowest BCUT2D eigenvalue weighted by molar-refractivity contribution is -0.145. The van der Waals surface area contributed by atoms with Crippen LogP contribution in [-0.4, -0.2) is 63.4 Å². The molecule has 150 valence electrons. The zero-order valence-corrected chi connectivity index (χ0v) is 16.8. The van der Waals surface area contributed by atoms with Gasteiger partial charge in [-0.3, -0.25) is 14.7 Å². The molecule has 2 aromatic heterocycles. The fraction of sp³-hybridized carbons (Fsp3) is 0.571. The average Bonchev–Trinajstić information content (AvgIpc) is 3.12. The molecule has 0 unspecified atom stereocenters. The third kappa shape index (κ3) is 3.69. The third-order valence-electron chi connectivity index (χ3n) is 6.49. The minimum Gasteiger partial charge on any atom is -0.351 e. The number of aromatic amines is 1. The summed E-state index contributed by atoms with van der Waals surface area (Å²) in [5, 5.41) is 3.22. The van der Waals surface area contributed by atoms with E-state index in [4.69, 9.17) is 0 Å². The average molecular weight is 383 g/mol. The van der Waals surface area contributed by atoms with Crippen LogP contribution in [0, 0.1) is 12.3 Å². The van der Waals surface area contributed by atoms with Crippen molar-refractivity contribution in [2.75, 3.05) is 26.7 Å². The van der Waals surface area contributed by atoms with Crippen molar-refractivity contribution in [2.45, 2.75) is 45.3 Å². The lowest BCUT2D eigenvalue weighted by Gasteiger charge is -2.53. The first-order chi connectivity index (χ1) is 13.6. The van der Waals surface area contributed by atoms with Crippen LogP contribution in [0.3, 0.4) is 0 Å². The van der Waals surface area contributed by atoms with E-state index in [1.54, 1.807) is 12.5 Å². The predicted octanol–water partition coefficient (Wildman–Crippen LogP) is 1.72. The number of piperidine rings is 2. The first-order valence-electron chi connectivity index (χ1n) is 10.2. The Bertz CT molecular complexity index is 806. The smallest absolute Gasteiger partial charge is 0.228 e. The number of amides is 1. The highest BCUT2D eigenvalue weighted by Gasteiger charge is 2.52. The van der Waals surface area contributed by atoms with E-state index in [1.807, 2.05) is 18.3 Å². The Morgan fingerprint density at radius 2 is 2.29 bits per heavy atom. The molecule has 0 saturated carbocycles. The van der Waals surface area contributed by atoms with Crippen LogP contribution in [0.15, 0.2) is 30.9 Å². The van der Waals surface area contributed by atoms with E-state index in [0.717, 1.165) is 62.4 Å². The number of carbonyl (C=O) groups excluding carboxylic acids is 1. The molecule has 0 spiro atoms. The molecule has 1 amide bonds. The van der Waals surface area contributed by atoms with Gasteiger partial charge in [0.15, 0.2) is 0 Å². The fourth-order valence-corrected chi connectivity index (χ4v) is 4.80. The van der Waals surface area contributed by atoms with E-state index in [2.05, 4.69) is 44.0 Å². The summed E-state index contributed by atoms with van der Waals surface area (Å²) in [5.74, 6) is 0.193. The van der Waals surface area contributed by atoms with Gasteiger partial charge in [0.1, 0.15) is 0 Å². The second kappa shape index (κ2) is 8.01. The molecule has 7 nitrogen and oxygen atoms in total. The van der Waals surface area contributed by atoms with Gasteiger partial charge in [0.2, 0.25) is 5.91 Å². The van der Waals surface area contributed by atoms with Crippen molar-refractivity contribution < 1.29 is 4.79 Å². The Hall–Kier alpha value is -2.25. The summed E-state index contributed by atoms with van der Waals surface area (Å²) >= 11 is 0. The number of aryl methyl sites for hydroxylation is 1. The molecule has 2 saturated heterocycles. The Kier molecular flexibility index (Phi) is 5.46. The van der Waals surface area contributed by atoms with Gasteiger partial charge >= 0.3 is 0 Å². The minimum absolute atomic E-state index is 0.193. The van der Waals surface area contributed by atoms with E-state index >= 15 is 0 Å². The summed E-state index contributed by atoms with van der Waals surface area (Å²) in [6.45, 7) is 6.30. The summed E-state index contributed by atoms with van der Waals surface area (Å²) in [7, 11) is 2.16. The number of H-pyrrole nitrogens is 1. The monoisotopic (exact) mass is 382 g/mol. The van der Waals surface area contributed by atoms with Gasteiger partial charge in [-0.25, -0.2) is 4.98 Å². The zero-order chi connectivity index (χ0) is 19.6. The lowest BCUT2D eigenvalue weighted by Crippen LogP contribution is -2.65. The first-order valence-corrected chi connectivity index (χ1v) is 10.2. The van der Waals surface area contributed by atoms with Crippen molar-refractivity contribution in [3.63, 3.8) is 0 Å². The molecular formula is C21H30N6O. The highest BCUT2D eigenvalue weighted by molar-refractivity contribution is 5.84. The molecule has 0 aromatic carbocycles. The Balaban J connectivity index is 1.53. The van der Waals surface area contributed by atoms with Gasteiger partial charge in [-0.15, -0.1) is 0 Å². The molecule has 0 radical (unpaired) electrons. The Morgan fingerprint density at radius 1 is 1.39 bits per heavy atom. The van der Waals surface area contributed by atoms with Crippen molar-refractivity contribution in [2.24, 2.45) is 5.41 Å². The van der Waals surface area contributed by atoms with E-state index in [1.165, 1.54) is 0 Å². The molecule has 2 aliphatic rings. The van der Waals surface area contributed by atoms with E-state index in [9.17, 15) is 4.79 Å². The normalized spacial score (nSPS) is 26.0. The molecule has 4 rings (SSSR count). The van der Waals surface area contributed by atoms with Gasteiger partial charge < -0.3 is 15.2 Å². The highest BCUT2D eigenvalue weighted by Crippen LogP contribution is 2.43. The molecule has 7 heteroatoms. The fourth-order valence-electron chi connectivity index (χ4n) is 4.80. The van der Waals surface area contributed by atoms with Crippen LogP contribution in [-0.2, 0) is 17.9 Å². The number of fused-ring (bicyclic) bond motifs is 1. The third-order valence-corrected chi connectivity index (χ3v) is 6.49. The zero-order valence-electron chi connectivity index (χ0n) is 16.8. The summed E-state index contributed by atoms with van der Waals surface area (Å²) in [5.41, 5.74) is 2.91. The summed E-state index contributed by atoms with van der Waals surface area (Å²) in [6.07, 6.45) is 8.24. The van der Waals surface area contributed by atoms with E-state index in [0.29, 0.717) is 6.54 Å². The van der Waals surface area contributed by atoms with Crippen LogP contribution >= 0.6 is 0 Å². The molecule has 28 heavy (non-hydrogen) atoms. The maximum absolute atomic E-state index is 13.5. The molecule has 0 aliphatic carbocycles. The number of nitrogens with one attached hydrogen (secondary N) is 2. The summed E-state index contributed by atoms with van der Waals surface area (Å²) in [4.78, 5) is 30.1. The van der Waals surface area contributed by atoms with Crippen molar-refractivity contribution >= 4 is 5.91 Å². The van der Waals surface area contributed by atoms with Crippen LogP contribution in [0.4, 0.5) is 0 Å². The second-order valence-electron chi connectivity index (χ2n) is 8.28. The number of likely N-dealkylation sites (N-methyl/N-ethyl adjacent to an activating group) is 1. The number of likely N-dealkylation sites (tertiary alicyclic amines) is 2. The van der Waals surface area contributed by atoms with Gasteiger partial charge in [-0.1, -0.05) is 6.07 Å². The summed E-state index contributed by atoms with van der Waals surface area (Å²) in [6, 6.07) is 4.13. The molecule has 0 bridgehead atoms. The number of rotatable bonds is 5. The number of carbonyl (C=O) groups is 1. The maximum atomic E-state index is 13.5. The topological polar surface area (TPSA) is 77.1 Å². The Labute approximate surface area is 166 Å². The molecular weight excluding hydrogens is 352 g/mol. The van der Waals surface area contributed by atoms with Gasteiger partial charge in [0, 0.05) is 43.8 Å². The number of aromatic nitrogens is 3. The molecule has 4 heterocycles. The van der Waals surface area contributed by atoms with Crippen molar-refractivity contribution in [1.29, 1.82) is 0 Å². The Morgan fingerprint density at radius 3 is 3.04 bits per heavy atom. The van der Waals surface area contributed by atoms with E-state index in [-0.39, 0.29) is 17.4 Å². The van der Waals surface area contributed by atoms with Crippen LogP contribution in [0.1, 0.15) is 36.2 Å². The van der Waals surface area contributed by atoms with E-state index < -0.39 is 0 Å². The highest BCUT2D eigenvalue weighted by atomic mass is 16.2. The SMILES string of the molecule is Cc1[nH]cnc1CN1CCC[C@@]2(C(=O)NCc3cccnc3)CCN(C)C[C@H]12. The van der Waals surface area contributed by atoms with Gasteiger partial charge in [0.05, 0.1) is 17.4 Å². The van der Waals surface area contributed by atoms with Crippen molar-refractivity contribution in [3.05, 3.63) is 47.8 Å². The number of hydrogen-bond acceptors (Lipinski definition) is 5. The first kappa shape index (κ1) is 19.1. The van der Waals surface area contributed by atoms with Crippen LogP contribution in [0.25, 0.3) is 0 Å². The molecule has 2 N–H and O–H groups in total. The largest absolute Gasteiger partial charge is 0.351 e. The number of hydrogen-bond donors (Lipinski definition) is 2. The molecule has 2 aliphatic heterocycles. The molecule has 2 aromatic rings. The predicted molar refractivity (Wildman–Crippen MR) is 107 cm³/mol. The van der Waals surface area contributed by atoms with Crippen LogP contribution < -0.4 is 5.32 Å². The van der Waals surface area contributed by atoms with Crippen molar-refractivity contribution in [3.8, 4) is 0 Å². The lowest BCUT2D eigenvalue weighted by atomic mass is 9.67. The van der Waals surface area contributed by atoms with Gasteiger partial charge in [-0.2, -0.15) is 0 Å². The standard InChI is InChI=1S/C21H30N6O/c1-16-18(25-15-24-16)13-27-9-4-6-21(7-10-26(2)14-19(21)27)20(28)23-12-17-5-3-8-22-11-17/h3,5,8,11,15,19H,4,6-7,9-10,12-14H2,1-2H3,(H,23,28)(H,24,25)/t19-,21+/m0/s1. The quantitative estimate of drug-likeness (QED) is 0.823. The van der Waals surface area contributed by atoms with Gasteiger partial charge in [-0.05, 0) is 58.0 Å². The van der Waals surface area contributed by atoms with Gasteiger partial charge in [0.25, 0.3) is 0 Å². The number of pyridine rings is 1. The number of nitrogens with zero attached hydrogens (tertiary/aromatic N) is 4. The summed E-state index contributed by atoms with van der Waals surface area (Å²) < 4.78 is 0. The molecule has 2 fully saturated rings. The van der Waals surface area contributed by atoms with Crippen LogP contribution in [0.5, 0.6) is 0 Å². The second-order valence-corrected chi connectivity index (χ2v) is 8.28. The number of imidazole rings is 1. The minimum atomic E-state index is -0.322. The van der Waals surface area contributed by atoms with Crippen molar-refractivity contribution in [1.82, 2.24) is 30.1 Å².